The Labute approximate surface area is 124 Å². The van der Waals surface area contributed by atoms with Crippen molar-refractivity contribution in [1.29, 1.82) is 0 Å². The summed E-state index contributed by atoms with van der Waals surface area (Å²) in [6.45, 7) is 1.68. The Hall–Kier alpha value is -1.79. The Morgan fingerprint density at radius 1 is 1.19 bits per heavy atom. The molecule has 118 valence electrons. The van der Waals surface area contributed by atoms with E-state index in [-0.39, 0.29) is 19.0 Å². The molecule has 2 N–H and O–H groups in total. The average Bonchev–Trinajstić information content (AvgIpc) is 2.90. The van der Waals surface area contributed by atoms with E-state index in [2.05, 4.69) is 5.32 Å². The Morgan fingerprint density at radius 2 is 1.81 bits per heavy atom. The number of aliphatic carboxylic acids is 1. The molecule has 0 atom stereocenters. The third kappa shape index (κ3) is 3.46. The molecule has 2 fully saturated rings. The average molecular weight is 297 g/mol. The van der Waals surface area contributed by atoms with Gasteiger partial charge in [-0.15, -0.1) is 0 Å². The largest absolute Gasteiger partial charge is 0.481 e. The van der Waals surface area contributed by atoms with Gasteiger partial charge in [0.05, 0.1) is 5.41 Å². The van der Waals surface area contributed by atoms with Gasteiger partial charge in [0, 0.05) is 26.7 Å². The molecule has 2 rings (SSSR count). The van der Waals surface area contributed by atoms with Crippen molar-refractivity contribution < 1.29 is 19.5 Å². The number of hydrogen-bond donors (Lipinski definition) is 2. The van der Waals surface area contributed by atoms with Crippen LogP contribution in [0, 0.1) is 5.41 Å². The van der Waals surface area contributed by atoms with E-state index >= 15 is 0 Å². The van der Waals surface area contributed by atoms with Gasteiger partial charge in [-0.3, -0.25) is 9.59 Å². The highest BCUT2D eigenvalue weighted by atomic mass is 16.4. The number of rotatable bonds is 5. The monoisotopic (exact) mass is 297 g/mol. The fourth-order valence-electron chi connectivity index (χ4n) is 2.79. The minimum Gasteiger partial charge on any atom is -0.481 e. The van der Waals surface area contributed by atoms with Crippen LogP contribution in [0.15, 0.2) is 0 Å². The predicted octanol–water partition coefficient (Wildman–Crippen LogP) is 0.505. The van der Waals surface area contributed by atoms with Gasteiger partial charge in [-0.05, 0) is 25.7 Å². The summed E-state index contributed by atoms with van der Waals surface area (Å²) in [6, 6.07) is -0.393. The van der Waals surface area contributed by atoms with Gasteiger partial charge >= 0.3 is 12.0 Å². The van der Waals surface area contributed by atoms with Gasteiger partial charge in [-0.2, -0.15) is 0 Å². The minimum atomic E-state index is -0.857. The lowest BCUT2D eigenvalue weighted by molar-refractivity contribution is -0.153. The molecule has 0 aromatic heterocycles. The van der Waals surface area contributed by atoms with Crippen molar-refractivity contribution in [2.45, 2.75) is 32.1 Å². The molecular weight excluding hydrogens is 274 g/mol. The van der Waals surface area contributed by atoms with Gasteiger partial charge in [0.15, 0.2) is 0 Å². The summed E-state index contributed by atoms with van der Waals surface area (Å²) in [7, 11) is 1.55. The van der Waals surface area contributed by atoms with Crippen molar-refractivity contribution >= 4 is 17.9 Å². The van der Waals surface area contributed by atoms with Crippen LogP contribution in [-0.4, -0.2) is 66.0 Å². The van der Waals surface area contributed by atoms with Gasteiger partial charge < -0.3 is 20.2 Å². The first-order chi connectivity index (χ1) is 9.94. The third-order valence-corrected chi connectivity index (χ3v) is 4.52. The van der Waals surface area contributed by atoms with Crippen LogP contribution in [0.25, 0.3) is 0 Å². The normalized spacial score (nSPS) is 19.8. The highest BCUT2D eigenvalue weighted by Gasteiger charge is 2.44. The number of nitrogens with one attached hydrogen (secondary N) is 1. The number of carboxylic acid groups (broad SMARTS) is 1. The van der Waals surface area contributed by atoms with Crippen LogP contribution in [0.2, 0.25) is 0 Å². The van der Waals surface area contributed by atoms with Crippen molar-refractivity contribution in [2.24, 2.45) is 5.41 Å². The summed E-state index contributed by atoms with van der Waals surface area (Å²) in [6.07, 6.45) is 4.11. The molecule has 0 unspecified atom stereocenters. The maximum Gasteiger partial charge on any atom is 0.317 e. The lowest BCUT2D eigenvalue weighted by Crippen LogP contribution is -2.51. The number of carboxylic acids is 1. The van der Waals surface area contributed by atoms with E-state index in [9.17, 15) is 19.5 Å². The van der Waals surface area contributed by atoms with Crippen molar-refractivity contribution in [3.8, 4) is 0 Å². The van der Waals surface area contributed by atoms with E-state index in [4.69, 9.17) is 0 Å². The van der Waals surface area contributed by atoms with E-state index in [0.717, 1.165) is 32.4 Å². The van der Waals surface area contributed by atoms with Crippen molar-refractivity contribution in [2.75, 3.05) is 33.2 Å². The number of carbonyl (C=O) groups excluding carboxylic acids is 2. The zero-order chi connectivity index (χ0) is 15.5. The number of amides is 3. The topological polar surface area (TPSA) is 90.0 Å². The predicted molar refractivity (Wildman–Crippen MR) is 75.8 cm³/mol. The second-order valence-corrected chi connectivity index (χ2v) is 6.04. The van der Waals surface area contributed by atoms with Gasteiger partial charge in [-0.1, -0.05) is 6.42 Å². The first kappa shape index (κ1) is 15.6. The fourth-order valence-corrected chi connectivity index (χ4v) is 2.79. The van der Waals surface area contributed by atoms with Crippen LogP contribution in [0.1, 0.15) is 32.1 Å². The molecule has 1 aliphatic heterocycles. The lowest BCUT2D eigenvalue weighted by Gasteiger charge is -2.37. The Morgan fingerprint density at radius 3 is 2.29 bits per heavy atom. The molecule has 1 saturated carbocycles. The minimum absolute atomic E-state index is 0.0336. The quantitative estimate of drug-likeness (QED) is 0.773. The number of likely N-dealkylation sites (tertiary alicyclic amines) is 1. The number of hydrogen-bond acceptors (Lipinski definition) is 3. The third-order valence-electron chi connectivity index (χ3n) is 4.52. The zero-order valence-electron chi connectivity index (χ0n) is 12.4. The van der Waals surface area contributed by atoms with Gasteiger partial charge in [0.1, 0.15) is 6.54 Å². The van der Waals surface area contributed by atoms with Gasteiger partial charge in [0.2, 0.25) is 5.91 Å². The molecule has 0 aromatic carbocycles. The van der Waals surface area contributed by atoms with Gasteiger partial charge in [-0.25, -0.2) is 4.79 Å². The molecule has 1 aliphatic carbocycles. The zero-order valence-corrected chi connectivity index (χ0v) is 12.4. The maximum atomic E-state index is 12.0. The van der Waals surface area contributed by atoms with Crippen LogP contribution < -0.4 is 5.32 Å². The first-order valence-electron chi connectivity index (χ1n) is 7.45. The molecule has 0 bridgehead atoms. The van der Waals surface area contributed by atoms with Crippen molar-refractivity contribution in [1.82, 2.24) is 15.1 Å². The second kappa shape index (κ2) is 6.32. The van der Waals surface area contributed by atoms with Crippen molar-refractivity contribution in [3.05, 3.63) is 0 Å². The lowest BCUT2D eigenvalue weighted by atomic mass is 9.69. The van der Waals surface area contributed by atoms with Crippen LogP contribution in [0.4, 0.5) is 4.79 Å². The molecule has 21 heavy (non-hydrogen) atoms. The Bertz CT molecular complexity index is 428. The molecule has 1 heterocycles. The molecule has 7 heteroatoms. The van der Waals surface area contributed by atoms with E-state index in [0.29, 0.717) is 12.8 Å². The highest BCUT2D eigenvalue weighted by Crippen LogP contribution is 2.40. The summed E-state index contributed by atoms with van der Waals surface area (Å²) in [5.74, 6) is -0.911. The number of carbonyl (C=O) groups is 3. The molecule has 7 nitrogen and oxygen atoms in total. The Kier molecular flexibility index (Phi) is 4.69. The SMILES string of the molecule is CN(CC(=O)N1CCCC1)C(=O)NCC1(C(=O)O)CCC1. The van der Waals surface area contributed by atoms with Gasteiger partial charge in [0.25, 0.3) is 0 Å². The standard InChI is InChI=1S/C14H23N3O4/c1-16(9-11(18)17-7-2-3-8-17)13(21)15-10-14(12(19)20)5-4-6-14/h2-10H2,1H3,(H,15,21)(H,19,20). The molecular formula is C14H23N3O4. The Balaban J connectivity index is 1.77. The first-order valence-corrected chi connectivity index (χ1v) is 7.45. The van der Waals surface area contributed by atoms with Crippen LogP contribution >= 0.6 is 0 Å². The summed E-state index contributed by atoms with van der Waals surface area (Å²) in [5, 5.41) is 11.8. The van der Waals surface area contributed by atoms with E-state index in [1.807, 2.05) is 0 Å². The molecule has 0 radical (unpaired) electrons. The molecule has 2 aliphatic rings. The summed E-state index contributed by atoms with van der Waals surface area (Å²) in [5.41, 5.74) is -0.810. The van der Waals surface area contributed by atoms with E-state index in [1.54, 1.807) is 11.9 Å². The second-order valence-electron chi connectivity index (χ2n) is 6.04. The van der Waals surface area contributed by atoms with Crippen LogP contribution in [-0.2, 0) is 9.59 Å². The number of nitrogens with zero attached hydrogens (tertiary/aromatic N) is 2. The smallest absolute Gasteiger partial charge is 0.317 e. The molecule has 3 amide bonds. The molecule has 0 spiro atoms. The van der Waals surface area contributed by atoms with Crippen molar-refractivity contribution in [3.63, 3.8) is 0 Å². The summed E-state index contributed by atoms with van der Waals surface area (Å²) < 4.78 is 0. The number of likely N-dealkylation sites (N-methyl/N-ethyl adjacent to an activating group) is 1. The fraction of sp³-hybridized carbons (Fsp3) is 0.786. The van der Waals surface area contributed by atoms with E-state index < -0.39 is 17.4 Å². The maximum absolute atomic E-state index is 12.0. The van der Waals surface area contributed by atoms with E-state index in [1.165, 1.54) is 4.90 Å². The molecule has 0 aromatic rings. The summed E-state index contributed by atoms with van der Waals surface area (Å²) >= 11 is 0. The van der Waals surface area contributed by atoms with Crippen LogP contribution in [0.5, 0.6) is 0 Å². The highest BCUT2D eigenvalue weighted by molar-refractivity contribution is 5.84. The molecule has 1 saturated heterocycles. The number of urea groups is 1. The summed E-state index contributed by atoms with van der Waals surface area (Å²) in [4.78, 5) is 38.2. The van der Waals surface area contributed by atoms with Crippen LogP contribution in [0.3, 0.4) is 0 Å².